The van der Waals surface area contributed by atoms with Gasteiger partial charge in [0.15, 0.2) is 5.69 Å². The Bertz CT molecular complexity index is 729. The summed E-state index contributed by atoms with van der Waals surface area (Å²) in [5.74, 6) is -0.641. The van der Waals surface area contributed by atoms with E-state index in [1.165, 1.54) is 17.0 Å². The van der Waals surface area contributed by atoms with Crippen molar-refractivity contribution in [2.75, 3.05) is 20.1 Å². The lowest BCUT2D eigenvalue weighted by Gasteiger charge is -2.22. The van der Waals surface area contributed by atoms with Crippen molar-refractivity contribution in [3.63, 3.8) is 0 Å². The molecule has 2 aromatic rings. The molecule has 128 valence electrons. The van der Waals surface area contributed by atoms with Crippen molar-refractivity contribution in [2.24, 2.45) is 0 Å². The van der Waals surface area contributed by atoms with Crippen LogP contribution in [-0.2, 0) is 6.54 Å². The van der Waals surface area contributed by atoms with Crippen LogP contribution >= 0.6 is 11.6 Å². The van der Waals surface area contributed by atoms with E-state index in [0.29, 0.717) is 16.3 Å². The first-order valence-electron chi connectivity index (χ1n) is 7.86. The van der Waals surface area contributed by atoms with Gasteiger partial charge < -0.3 is 10.2 Å². The van der Waals surface area contributed by atoms with Gasteiger partial charge in [0.1, 0.15) is 5.82 Å². The van der Waals surface area contributed by atoms with Gasteiger partial charge in [-0.15, -0.1) is 5.10 Å². The predicted octanol–water partition coefficient (Wildman–Crippen LogP) is 2.27. The van der Waals surface area contributed by atoms with Crippen molar-refractivity contribution in [1.82, 2.24) is 25.2 Å². The highest BCUT2D eigenvalue weighted by molar-refractivity contribution is 6.31. The van der Waals surface area contributed by atoms with Crippen molar-refractivity contribution in [3.8, 4) is 0 Å². The van der Waals surface area contributed by atoms with Crippen LogP contribution in [0.15, 0.2) is 24.4 Å². The molecule has 0 bridgehead atoms. The molecule has 24 heavy (non-hydrogen) atoms. The summed E-state index contributed by atoms with van der Waals surface area (Å²) in [6, 6.07) is 4.42. The number of nitrogens with zero attached hydrogens (tertiary/aromatic N) is 4. The van der Waals surface area contributed by atoms with Crippen LogP contribution in [0.5, 0.6) is 0 Å². The molecule has 0 saturated carbocycles. The van der Waals surface area contributed by atoms with Gasteiger partial charge in [-0.05, 0) is 43.6 Å². The van der Waals surface area contributed by atoms with Crippen molar-refractivity contribution in [3.05, 3.63) is 46.5 Å². The molecule has 2 heterocycles. The fourth-order valence-electron chi connectivity index (χ4n) is 2.80. The lowest BCUT2D eigenvalue weighted by Crippen LogP contribution is -2.29. The summed E-state index contributed by atoms with van der Waals surface area (Å²) in [6.45, 7) is 2.16. The second kappa shape index (κ2) is 7.27. The van der Waals surface area contributed by atoms with E-state index in [1.807, 2.05) is 0 Å². The van der Waals surface area contributed by atoms with E-state index in [4.69, 9.17) is 11.6 Å². The molecule has 1 aliphatic heterocycles. The molecule has 3 rings (SSSR count). The summed E-state index contributed by atoms with van der Waals surface area (Å²) in [4.78, 5) is 14.0. The van der Waals surface area contributed by atoms with Crippen LogP contribution in [0.1, 0.15) is 34.9 Å². The van der Waals surface area contributed by atoms with Gasteiger partial charge in [-0.1, -0.05) is 22.9 Å². The minimum absolute atomic E-state index is 0.240. The highest BCUT2D eigenvalue weighted by atomic mass is 35.5. The highest BCUT2D eigenvalue weighted by Crippen LogP contribution is 2.20. The van der Waals surface area contributed by atoms with Crippen LogP contribution in [0.3, 0.4) is 0 Å². The molecule has 1 amide bonds. The van der Waals surface area contributed by atoms with Crippen molar-refractivity contribution in [1.29, 1.82) is 0 Å². The lowest BCUT2D eigenvalue weighted by atomic mass is 10.1. The molecular formula is C16H19ClFN5O. The zero-order chi connectivity index (χ0) is 17.1. The van der Waals surface area contributed by atoms with Gasteiger partial charge >= 0.3 is 0 Å². The number of hydrogen-bond donors (Lipinski definition) is 1. The molecule has 8 heteroatoms. The molecule has 1 aromatic heterocycles. The first-order valence-corrected chi connectivity index (χ1v) is 8.24. The molecule has 0 unspecified atom stereocenters. The third kappa shape index (κ3) is 3.73. The molecule has 0 atom stereocenters. The number of rotatable bonds is 4. The molecule has 1 N–H and O–H groups in total. The van der Waals surface area contributed by atoms with Crippen LogP contribution in [0.25, 0.3) is 0 Å². The van der Waals surface area contributed by atoms with Gasteiger partial charge in [-0.3, -0.25) is 4.79 Å². The van der Waals surface area contributed by atoms with Crippen molar-refractivity contribution < 1.29 is 9.18 Å². The topological polar surface area (TPSA) is 63.1 Å². The minimum atomic E-state index is -0.400. The Morgan fingerprint density at radius 1 is 1.46 bits per heavy atom. The zero-order valence-corrected chi connectivity index (χ0v) is 14.1. The molecule has 1 saturated heterocycles. The molecule has 1 aromatic carbocycles. The minimum Gasteiger partial charge on any atom is -0.336 e. The second-order valence-corrected chi connectivity index (χ2v) is 6.37. The number of carbonyl (C=O) groups is 1. The van der Waals surface area contributed by atoms with Crippen LogP contribution in [0.4, 0.5) is 4.39 Å². The lowest BCUT2D eigenvalue weighted by molar-refractivity contribution is 0.0779. The van der Waals surface area contributed by atoms with Gasteiger partial charge in [-0.2, -0.15) is 0 Å². The number of nitrogens with one attached hydrogen (secondary N) is 1. The van der Waals surface area contributed by atoms with E-state index in [-0.39, 0.29) is 18.5 Å². The molecule has 1 aliphatic rings. The smallest absolute Gasteiger partial charge is 0.276 e. The summed E-state index contributed by atoms with van der Waals surface area (Å²) in [5.41, 5.74) is 0.980. The van der Waals surface area contributed by atoms with Crippen LogP contribution in [0.2, 0.25) is 5.02 Å². The first kappa shape index (κ1) is 16.9. The average Bonchev–Trinajstić information content (AvgIpc) is 3.07. The number of aromatic nitrogens is 3. The Morgan fingerprint density at radius 2 is 2.21 bits per heavy atom. The van der Waals surface area contributed by atoms with E-state index in [9.17, 15) is 9.18 Å². The highest BCUT2D eigenvalue weighted by Gasteiger charge is 2.21. The van der Waals surface area contributed by atoms with E-state index in [1.54, 1.807) is 24.0 Å². The van der Waals surface area contributed by atoms with Crippen LogP contribution in [0, 0.1) is 5.82 Å². The summed E-state index contributed by atoms with van der Waals surface area (Å²) in [7, 11) is 1.66. The Labute approximate surface area is 144 Å². The number of hydrogen-bond acceptors (Lipinski definition) is 4. The number of benzene rings is 1. The fraction of sp³-hybridized carbons (Fsp3) is 0.438. The summed E-state index contributed by atoms with van der Waals surface area (Å²) in [5, 5.41) is 11.7. The van der Waals surface area contributed by atoms with E-state index in [0.717, 1.165) is 25.9 Å². The van der Waals surface area contributed by atoms with Crippen LogP contribution in [-0.4, -0.2) is 45.9 Å². The quantitative estimate of drug-likeness (QED) is 0.917. The maximum atomic E-state index is 13.1. The first-order chi connectivity index (χ1) is 11.5. The Hall–Kier alpha value is -1.99. The maximum absolute atomic E-state index is 13.1. The average molecular weight is 352 g/mol. The number of halogens is 2. The number of amides is 1. The van der Waals surface area contributed by atoms with Crippen LogP contribution < -0.4 is 5.32 Å². The van der Waals surface area contributed by atoms with E-state index < -0.39 is 5.82 Å². The summed E-state index contributed by atoms with van der Waals surface area (Å²) < 4.78 is 14.9. The SMILES string of the molecule is CN(Cc1ccc(F)cc1Cl)C(=O)c1cn(C2CCNCC2)nn1. The van der Waals surface area contributed by atoms with Gasteiger partial charge in [0.2, 0.25) is 0 Å². The van der Waals surface area contributed by atoms with E-state index in [2.05, 4.69) is 15.6 Å². The third-order valence-corrected chi connectivity index (χ3v) is 4.53. The predicted molar refractivity (Wildman–Crippen MR) is 88.4 cm³/mol. The standard InChI is InChI=1S/C16H19ClFN5O/c1-22(9-11-2-3-12(18)8-14(11)17)16(24)15-10-23(21-20-15)13-4-6-19-7-5-13/h2-3,8,10,13,19H,4-7,9H2,1H3. The monoisotopic (exact) mass is 351 g/mol. The normalized spacial score (nSPS) is 15.5. The summed E-state index contributed by atoms with van der Waals surface area (Å²) >= 11 is 6.01. The second-order valence-electron chi connectivity index (χ2n) is 5.96. The Kier molecular flexibility index (Phi) is 5.11. The van der Waals surface area contributed by atoms with Gasteiger partial charge in [0.25, 0.3) is 5.91 Å². The largest absolute Gasteiger partial charge is 0.336 e. The maximum Gasteiger partial charge on any atom is 0.276 e. The molecule has 0 radical (unpaired) electrons. The van der Waals surface area contributed by atoms with E-state index >= 15 is 0 Å². The summed E-state index contributed by atoms with van der Waals surface area (Å²) in [6.07, 6.45) is 3.64. The Balaban J connectivity index is 1.68. The third-order valence-electron chi connectivity index (χ3n) is 4.18. The number of piperidine rings is 1. The van der Waals surface area contributed by atoms with Gasteiger partial charge in [0.05, 0.1) is 12.2 Å². The van der Waals surface area contributed by atoms with Gasteiger partial charge in [0, 0.05) is 18.6 Å². The van der Waals surface area contributed by atoms with Crippen molar-refractivity contribution in [2.45, 2.75) is 25.4 Å². The Morgan fingerprint density at radius 3 is 2.92 bits per heavy atom. The molecular weight excluding hydrogens is 333 g/mol. The zero-order valence-electron chi connectivity index (χ0n) is 13.4. The molecule has 0 spiro atoms. The van der Waals surface area contributed by atoms with Crippen molar-refractivity contribution >= 4 is 17.5 Å². The fourth-order valence-corrected chi connectivity index (χ4v) is 3.02. The molecule has 0 aliphatic carbocycles. The number of carbonyl (C=O) groups excluding carboxylic acids is 1. The van der Waals surface area contributed by atoms with Gasteiger partial charge in [-0.25, -0.2) is 9.07 Å². The molecule has 6 nitrogen and oxygen atoms in total. The molecule has 1 fully saturated rings.